The topological polar surface area (TPSA) is 80.7 Å². The van der Waals surface area contributed by atoms with Gasteiger partial charge in [-0.3, -0.25) is 9.79 Å². The Balaban J connectivity index is 1.41. The Morgan fingerprint density at radius 2 is 2.09 bits per heavy atom. The van der Waals surface area contributed by atoms with Gasteiger partial charge in [0.2, 0.25) is 0 Å². The van der Waals surface area contributed by atoms with Crippen molar-refractivity contribution in [3.05, 3.63) is 64.8 Å². The molecule has 1 aliphatic heterocycles. The lowest BCUT2D eigenvalue weighted by Gasteiger charge is -2.39. The standard InChI is InChI=1S/C27H31ClN4O2/c1-17(2)27(26(34)29-12-11-19-14-30-23-6-4-3-5-21(19)23)25(22-10-9-20(28)13-24(22)33)32(16-31-27)15-18-7-8-18/h3-6,9-10,13-14,16-18,25,30,33H,7-8,11-12,15H2,1-2H3,(H,29,34)/t25-,27+/m0/s1. The summed E-state index contributed by atoms with van der Waals surface area (Å²) in [4.78, 5) is 24.1. The first-order valence-electron chi connectivity index (χ1n) is 12.0. The molecule has 1 amide bonds. The van der Waals surface area contributed by atoms with E-state index in [1.165, 1.54) is 23.8 Å². The van der Waals surface area contributed by atoms with E-state index in [0.29, 0.717) is 23.0 Å². The predicted molar refractivity (Wildman–Crippen MR) is 136 cm³/mol. The Morgan fingerprint density at radius 1 is 1.29 bits per heavy atom. The number of para-hydroxylation sites is 1. The molecule has 1 aliphatic carbocycles. The number of aromatic nitrogens is 1. The van der Waals surface area contributed by atoms with E-state index in [1.807, 2.05) is 44.6 Å². The summed E-state index contributed by atoms with van der Waals surface area (Å²) in [6.07, 6.45) is 6.92. The number of halogens is 1. The number of phenolic OH excluding ortho intramolecular Hbond substituents is 1. The lowest BCUT2D eigenvalue weighted by atomic mass is 9.76. The molecule has 0 unspecified atom stereocenters. The number of hydrogen-bond acceptors (Lipinski definition) is 4. The van der Waals surface area contributed by atoms with Crippen LogP contribution in [0.2, 0.25) is 5.02 Å². The van der Waals surface area contributed by atoms with Crippen molar-refractivity contribution in [2.75, 3.05) is 13.1 Å². The van der Waals surface area contributed by atoms with Crippen molar-refractivity contribution in [3.63, 3.8) is 0 Å². The highest BCUT2D eigenvalue weighted by Gasteiger charge is 2.55. The van der Waals surface area contributed by atoms with Crippen molar-refractivity contribution in [1.29, 1.82) is 0 Å². The zero-order chi connectivity index (χ0) is 23.9. The van der Waals surface area contributed by atoms with Gasteiger partial charge in [0, 0.05) is 40.8 Å². The van der Waals surface area contributed by atoms with Crippen LogP contribution in [0.1, 0.15) is 43.9 Å². The quantitative estimate of drug-likeness (QED) is 0.422. The van der Waals surface area contributed by atoms with Crippen molar-refractivity contribution >= 4 is 34.7 Å². The first kappa shape index (κ1) is 22.8. The fourth-order valence-electron chi connectivity index (χ4n) is 5.18. The number of hydrogen-bond donors (Lipinski definition) is 3. The van der Waals surface area contributed by atoms with Gasteiger partial charge in [0.25, 0.3) is 5.91 Å². The highest BCUT2D eigenvalue weighted by molar-refractivity contribution is 6.30. The fourth-order valence-corrected chi connectivity index (χ4v) is 5.34. The number of amides is 1. The molecule has 2 aliphatic rings. The van der Waals surface area contributed by atoms with Crippen molar-refractivity contribution in [3.8, 4) is 5.75 Å². The molecule has 1 aromatic heterocycles. The summed E-state index contributed by atoms with van der Waals surface area (Å²) >= 11 is 6.12. The van der Waals surface area contributed by atoms with Gasteiger partial charge < -0.3 is 20.3 Å². The van der Waals surface area contributed by atoms with E-state index in [4.69, 9.17) is 16.6 Å². The predicted octanol–water partition coefficient (Wildman–Crippen LogP) is 5.08. The summed E-state index contributed by atoms with van der Waals surface area (Å²) in [5, 5.41) is 15.6. The fraction of sp³-hybridized carbons (Fsp3) is 0.407. The molecule has 6 nitrogen and oxygen atoms in total. The first-order valence-corrected chi connectivity index (χ1v) is 12.4. The van der Waals surface area contributed by atoms with Crippen molar-refractivity contribution in [2.24, 2.45) is 16.8 Å². The summed E-state index contributed by atoms with van der Waals surface area (Å²) in [7, 11) is 0. The molecule has 2 atom stereocenters. The largest absolute Gasteiger partial charge is 0.508 e. The smallest absolute Gasteiger partial charge is 0.250 e. The number of H-pyrrole nitrogens is 1. The molecule has 0 bridgehead atoms. The summed E-state index contributed by atoms with van der Waals surface area (Å²) in [5.41, 5.74) is 1.91. The number of nitrogens with zero attached hydrogens (tertiary/aromatic N) is 2. The molecule has 0 spiro atoms. The maximum atomic E-state index is 13.8. The second-order valence-electron chi connectivity index (χ2n) is 9.84. The number of carbonyl (C=O) groups excluding carboxylic acids is 1. The monoisotopic (exact) mass is 478 g/mol. The Kier molecular flexibility index (Phi) is 6.02. The van der Waals surface area contributed by atoms with Crippen molar-refractivity contribution in [1.82, 2.24) is 15.2 Å². The van der Waals surface area contributed by atoms with Crippen LogP contribution in [0.3, 0.4) is 0 Å². The normalized spacial score (nSPS) is 22.1. The Morgan fingerprint density at radius 3 is 2.82 bits per heavy atom. The van der Waals surface area contributed by atoms with Crippen LogP contribution >= 0.6 is 11.6 Å². The van der Waals surface area contributed by atoms with Gasteiger partial charge >= 0.3 is 0 Å². The zero-order valence-corrected chi connectivity index (χ0v) is 20.3. The lowest BCUT2D eigenvalue weighted by Crippen LogP contribution is -2.54. The Hall–Kier alpha value is -2.99. The van der Waals surface area contributed by atoms with E-state index in [2.05, 4.69) is 27.3 Å². The number of fused-ring (bicyclic) bond motifs is 1. The van der Waals surface area contributed by atoms with Gasteiger partial charge in [-0.05, 0) is 54.9 Å². The molecule has 1 fully saturated rings. The summed E-state index contributed by atoms with van der Waals surface area (Å²) in [5.74, 6) is 0.508. The van der Waals surface area contributed by atoms with Crippen molar-refractivity contribution in [2.45, 2.75) is 44.7 Å². The molecule has 178 valence electrons. The number of aromatic hydroxyl groups is 1. The van der Waals surface area contributed by atoms with E-state index in [0.717, 1.165) is 18.5 Å². The van der Waals surface area contributed by atoms with Crippen LogP contribution in [0.4, 0.5) is 0 Å². The SMILES string of the molecule is CC(C)[C@@]1(C(=O)NCCc2c[nH]c3ccccc23)N=CN(CC2CC2)[C@H]1c1ccc(Cl)cc1O. The van der Waals surface area contributed by atoms with Gasteiger partial charge in [-0.25, -0.2) is 0 Å². The minimum Gasteiger partial charge on any atom is -0.508 e. The summed E-state index contributed by atoms with van der Waals surface area (Å²) in [6, 6.07) is 12.9. The number of aliphatic imine (C=N–C) groups is 1. The minimum absolute atomic E-state index is 0.0823. The molecule has 0 saturated heterocycles. The molecular formula is C27H31ClN4O2. The van der Waals surface area contributed by atoms with E-state index >= 15 is 0 Å². The highest BCUT2D eigenvalue weighted by Crippen LogP contribution is 2.48. The van der Waals surface area contributed by atoms with Crippen molar-refractivity contribution < 1.29 is 9.90 Å². The van der Waals surface area contributed by atoms with Gasteiger partial charge in [-0.2, -0.15) is 0 Å². The lowest BCUT2D eigenvalue weighted by molar-refractivity contribution is -0.129. The van der Waals surface area contributed by atoms with E-state index in [9.17, 15) is 9.90 Å². The van der Waals surface area contributed by atoms with Crippen LogP contribution in [-0.2, 0) is 11.2 Å². The molecule has 0 radical (unpaired) electrons. The average molecular weight is 479 g/mol. The summed E-state index contributed by atoms with van der Waals surface area (Å²) in [6.45, 7) is 5.38. The molecule has 2 aromatic carbocycles. The maximum absolute atomic E-state index is 13.8. The van der Waals surface area contributed by atoms with Gasteiger partial charge in [0.05, 0.1) is 12.4 Å². The molecule has 7 heteroatoms. The van der Waals surface area contributed by atoms with Crippen LogP contribution in [0.15, 0.2) is 53.7 Å². The number of carbonyl (C=O) groups is 1. The van der Waals surface area contributed by atoms with Crippen LogP contribution in [-0.4, -0.2) is 45.9 Å². The van der Waals surface area contributed by atoms with Crippen LogP contribution < -0.4 is 5.32 Å². The second-order valence-corrected chi connectivity index (χ2v) is 10.3. The molecular weight excluding hydrogens is 448 g/mol. The third-order valence-corrected chi connectivity index (χ3v) is 7.46. The second kappa shape index (κ2) is 8.99. The van der Waals surface area contributed by atoms with Crippen LogP contribution in [0, 0.1) is 11.8 Å². The van der Waals surface area contributed by atoms with Crippen LogP contribution in [0.25, 0.3) is 10.9 Å². The van der Waals surface area contributed by atoms with E-state index in [1.54, 1.807) is 12.1 Å². The summed E-state index contributed by atoms with van der Waals surface area (Å²) < 4.78 is 0. The molecule has 5 rings (SSSR count). The molecule has 1 saturated carbocycles. The number of phenols is 1. The number of benzene rings is 2. The maximum Gasteiger partial charge on any atom is 0.250 e. The van der Waals surface area contributed by atoms with E-state index < -0.39 is 11.6 Å². The zero-order valence-electron chi connectivity index (χ0n) is 19.6. The van der Waals surface area contributed by atoms with Gasteiger partial charge in [-0.1, -0.05) is 49.7 Å². The van der Waals surface area contributed by atoms with Crippen LogP contribution in [0.5, 0.6) is 5.75 Å². The third kappa shape index (κ3) is 4.05. The number of nitrogens with one attached hydrogen (secondary N) is 2. The van der Waals surface area contributed by atoms with Gasteiger partial charge in [0.1, 0.15) is 5.75 Å². The molecule has 2 heterocycles. The highest BCUT2D eigenvalue weighted by atomic mass is 35.5. The minimum atomic E-state index is -1.04. The van der Waals surface area contributed by atoms with E-state index in [-0.39, 0.29) is 17.6 Å². The number of rotatable bonds is 8. The molecule has 3 N–H and O–H groups in total. The number of aromatic amines is 1. The van der Waals surface area contributed by atoms with Gasteiger partial charge in [-0.15, -0.1) is 0 Å². The molecule has 3 aromatic rings. The molecule has 34 heavy (non-hydrogen) atoms. The Bertz CT molecular complexity index is 1230. The first-order chi connectivity index (χ1) is 16.4. The third-order valence-electron chi connectivity index (χ3n) is 7.22. The average Bonchev–Trinajstić information content (AvgIpc) is 3.41. The van der Waals surface area contributed by atoms with Gasteiger partial charge in [0.15, 0.2) is 5.54 Å². The Labute approximate surface area is 205 Å².